The summed E-state index contributed by atoms with van der Waals surface area (Å²) in [4.78, 5) is 4.23. The molecule has 2 aromatic rings. The van der Waals surface area contributed by atoms with E-state index in [0.717, 1.165) is 12.1 Å². The Labute approximate surface area is 111 Å². The molecular formula is C13H17N3O3. The van der Waals surface area contributed by atoms with Crippen LogP contribution in [0.25, 0.3) is 0 Å². The zero-order valence-corrected chi connectivity index (χ0v) is 11.3. The number of nitrogens with one attached hydrogen (secondary N) is 1. The summed E-state index contributed by atoms with van der Waals surface area (Å²) in [5.74, 6) is 2.02. The van der Waals surface area contributed by atoms with Gasteiger partial charge in [0, 0.05) is 13.0 Å². The number of ether oxygens (including phenoxy) is 2. The van der Waals surface area contributed by atoms with E-state index in [2.05, 4.69) is 15.5 Å². The van der Waals surface area contributed by atoms with Gasteiger partial charge in [-0.15, -0.1) is 0 Å². The minimum absolute atomic E-state index is 0.443. The second-order valence-electron chi connectivity index (χ2n) is 3.91. The van der Waals surface area contributed by atoms with Crippen molar-refractivity contribution in [2.75, 3.05) is 26.1 Å². The van der Waals surface area contributed by atoms with Crippen molar-refractivity contribution in [1.29, 1.82) is 0 Å². The number of benzene rings is 1. The van der Waals surface area contributed by atoms with E-state index in [1.807, 2.05) is 25.1 Å². The number of hydrogen-bond acceptors (Lipinski definition) is 6. The Kier molecular flexibility index (Phi) is 4.22. The third-order valence-electron chi connectivity index (χ3n) is 2.61. The molecular weight excluding hydrogens is 246 g/mol. The standard InChI is InChI=1S/C13H17N3O3/c1-4-14-13-15-12(16-19-13)8-9-5-6-10(17-2)11(7-9)18-3/h5-7H,4,8H2,1-3H3,(H,14,15,16). The molecule has 0 saturated carbocycles. The number of hydrogen-bond donors (Lipinski definition) is 1. The topological polar surface area (TPSA) is 69.4 Å². The fourth-order valence-corrected chi connectivity index (χ4v) is 1.72. The summed E-state index contributed by atoms with van der Waals surface area (Å²) in [6, 6.07) is 6.16. The molecule has 6 heteroatoms. The van der Waals surface area contributed by atoms with Crippen LogP contribution in [0.1, 0.15) is 18.3 Å². The predicted molar refractivity (Wildman–Crippen MR) is 70.8 cm³/mol. The molecule has 0 spiro atoms. The van der Waals surface area contributed by atoms with Gasteiger partial charge < -0.3 is 19.3 Å². The summed E-state index contributed by atoms with van der Waals surface area (Å²) in [5, 5.41) is 6.88. The smallest absolute Gasteiger partial charge is 0.321 e. The Morgan fingerprint density at radius 2 is 2.00 bits per heavy atom. The molecule has 6 nitrogen and oxygen atoms in total. The molecule has 0 saturated heterocycles. The first kappa shape index (κ1) is 13.2. The van der Waals surface area contributed by atoms with Gasteiger partial charge in [0.25, 0.3) is 0 Å². The Hall–Kier alpha value is -2.24. The van der Waals surface area contributed by atoms with Gasteiger partial charge in [0.15, 0.2) is 17.3 Å². The zero-order chi connectivity index (χ0) is 13.7. The molecule has 0 fully saturated rings. The van der Waals surface area contributed by atoms with Crippen molar-refractivity contribution in [3.8, 4) is 11.5 Å². The normalized spacial score (nSPS) is 10.3. The van der Waals surface area contributed by atoms with Gasteiger partial charge >= 0.3 is 6.01 Å². The lowest BCUT2D eigenvalue weighted by Crippen LogP contribution is -1.97. The van der Waals surface area contributed by atoms with Crippen LogP contribution in [-0.4, -0.2) is 30.9 Å². The second kappa shape index (κ2) is 6.08. The van der Waals surface area contributed by atoms with Crippen LogP contribution in [0.2, 0.25) is 0 Å². The molecule has 0 unspecified atom stereocenters. The average molecular weight is 263 g/mol. The van der Waals surface area contributed by atoms with Crippen LogP contribution in [0.4, 0.5) is 6.01 Å². The van der Waals surface area contributed by atoms with Gasteiger partial charge in [-0.1, -0.05) is 11.2 Å². The van der Waals surface area contributed by atoms with Gasteiger partial charge in [0.1, 0.15) is 0 Å². The molecule has 1 aromatic heterocycles. The fourth-order valence-electron chi connectivity index (χ4n) is 1.72. The summed E-state index contributed by atoms with van der Waals surface area (Å²) in [6.45, 7) is 2.72. The Bertz CT molecular complexity index is 540. The second-order valence-corrected chi connectivity index (χ2v) is 3.91. The third-order valence-corrected chi connectivity index (χ3v) is 2.61. The SMILES string of the molecule is CCNc1nc(Cc2ccc(OC)c(OC)c2)no1. The summed E-state index contributed by atoms with van der Waals surface area (Å²) in [7, 11) is 3.22. The summed E-state index contributed by atoms with van der Waals surface area (Å²) in [6.07, 6.45) is 0.579. The summed E-state index contributed by atoms with van der Waals surface area (Å²) >= 11 is 0. The Balaban J connectivity index is 2.13. The van der Waals surface area contributed by atoms with E-state index >= 15 is 0 Å². The number of rotatable bonds is 6. The van der Waals surface area contributed by atoms with Gasteiger partial charge in [0.05, 0.1) is 14.2 Å². The quantitative estimate of drug-likeness (QED) is 0.860. The molecule has 102 valence electrons. The predicted octanol–water partition coefficient (Wildman–Crippen LogP) is 2.11. The average Bonchev–Trinajstić information content (AvgIpc) is 2.86. The fraction of sp³-hybridized carbons (Fsp3) is 0.385. The molecule has 1 heterocycles. The van der Waals surface area contributed by atoms with E-state index in [0.29, 0.717) is 29.8 Å². The van der Waals surface area contributed by atoms with Crippen molar-refractivity contribution in [2.45, 2.75) is 13.3 Å². The first-order valence-electron chi connectivity index (χ1n) is 6.04. The molecule has 0 aliphatic rings. The molecule has 19 heavy (non-hydrogen) atoms. The molecule has 0 bridgehead atoms. The van der Waals surface area contributed by atoms with Gasteiger partial charge in [-0.25, -0.2) is 0 Å². The van der Waals surface area contributed by atoms with Crippen LogP contribution in [0.3, 0.4) is 0 Å². The van der Waals surface area contributed by atoms with Crippen LogP contribution in [0.5, 0.6) is 11.5 Å². The highest BCUT2D eigenvalue weighted by Gasteiger charge is 2.09. The van der Waals surface area contributed by atoms with E-state index in [1.54, 1.807) is 14.2 Å². The largest absolute Gasteiger partial charge is 0.493 e. The van der Waals surface area contributed by atoms with Crippen molar-refractivity contribution in [2.24, 2.45) is 0 Å². The first-order chi connectivity index (χ1) is 9.26. The zero-order valence-electron chi connectivity index (χ0n) is 11.3. The molecule has 0 aliphatic carbocycles. The van der Waals surface area contributed by atoms with Crippen LogP contribution in [0.15, 0.2) is 22.7 Å². The maximum Gasteiger partial charge on any atom is 0.321 e. The van der Waals surface area contributed by atoms with Crippen LogP contribution in [-0.2, 0) is 6.42 Å². The Morgan fingerprint density at radius 3 is 2.68 bits per heavy atom. The molecule has 1 N–H and O–H groups in total. The van der Waals surface area contributed by atoms with E-state index < -0.39 is 0 Å². The number of aromatic nitrogens is 2. The molecule has 0 amide bonds. The highest BCUT2D eigenvalue weighted by molar-refractivity contribution is 5.43. The van der Waals surface area contributed by atoms with E-state index in [-0.39, 0.29) is 0 Å². The van der Waals surface area contributed by atoms with E-state index in [1.165, 1.54) is 0 Å². The van der Waals surface area contributed by atoms with E-state index in [4.69, 9.17) is 14.0 Å². The first-order valence-corrected chi connectivity index (χ1v) is 6.04. The lowest BCUT2D eigenvalue weighted by atomic mass is 10.1. The van der Waals surface area contributed by atoms with Crippen molar-refractivity contribution < 1.29 is 14.0 Å². The van der Waals surface area contributed by atoms with Crippen molar-refractivity contribution in [3.63, 3.8) is 0 Å². The summed E-state index contributed by atoms with van der Waals surface area (Å²) in [5.41, 5.74) is 1.03. The van der Waals surface area contributed by atoms with Crippen molar-refractivity contribution in [1.82, 2.24) is 10.1 Å². The highest BCUT2D eigenvalue weighted by atomic mass is 16.5. The van der Waals surface area contributed by atoms with E-state index in [9.17, 15) is 0 Å². The number of methoxy groups -OCH3 is 2. The number of anilines is 1. The highest BCUT2D eigenvalue weighted by Crippen LogP contribution is 2.28. The minimum Gasteiger partial charge on any atom is -0.493 e. The molecule has 1 aromatic carbocycles. The third kappa shape index (κ3) is 3.15. The van der Waals surface area contributed by atoms with Gasteiger partial charge in [0.2, 0.25) is 0 Å². The monoisotopic (exact) mass is 263 g/mol. The van der Waals surface area contributed by atoms with Crippen molar-refractivity contribution >= 4 is 6.01 Å². The minimum atomic E-state index is 0.443. The van der Waals surface area contributed by atoms with Crippen LogP contribution >= 0.6 is 0 Å². The maximum atomic E-state index is 5.26. The molecule has 0 atom stereocenters. The lowest BCUT2D eigenvalue weighted by Gasteiger charge is -2.08. The van der Waals surface area contributed by atoms with Gasteiger partial charge in [-0.2, -0.15) is 4.98 Å². The molecule has 2 rings (SSSR count). The van der Waals surface area contributed by atoms with Gasteiger partial charge in [-0.3, -0.25) is 0 Å². The van der Waals surface area contributed by atoms with Crippen LogP contribution in [0, 0.1) is 0 Å². The van der Waals surface area contributed by atoms with Crippen LogP contribution < -0.4 is 14.8 Å². The summed E-state index contributed by atoms with van der Waals surface area (Å²) < 4.78 is 15.5. The molecule has 0 radical (unpaired) electrons. The number of nitrogens with zero attached hydrogens (tertiary/aromatic N) is 2. The lowest BCUT2D eigenvalue weighted by molar-refractivity contribution is 0.354. The van der Waals surface area contributed by atoms with Crippen molar-refractivity contribution in [3.05, 3.63) is 29.6 Å². The Morgan fingerprint density at radius 1 is 1.21 bits per heavy atom. The van der Waals surface area contributed by atoms with Gasteiger partial charge in [-0.05, 0) is 24.6 Å². The molecule has 0 aliphatic heterocycles. The maximum absolute atomic E-state index is 5.26.